The molecule has 42 heavy (non-hydrogen) atoms. The maximum atomic E-state index is 14.0. The van der Waals surface area contributed by atoms with Crippen molar-refractivity contribution in [2.24, 2.45) is 5.92 Å². The number of carbonyl (C=O) groups excluding carboxylic acids is 1. The van der Waals surface area contributed by atoms with Crippen LogP contribution in [0.15, 0.2) is 61.1 Å². The molecule has 1 saturated heterocycles. The number of rotatable bonds is 6. The maximum Gasteiger partial charge on any atom is 0.224 e. The molecule has 0 spiro atoms. The minimum Gasteiger partial charge on any atom is -0.508 e. The number of aromatic nitrogens is 7. The minimum atomic E-state index is -0.555. The van der Waals surface area contributed by atoms with E-state index in [0.29, 0.717) is 68.6 Å². The van der Waals surface area contributed by atoms with E-state index in [1.165, 1.54) is 12.1 Å². The number of hydrogen-bond donors (Lipinski definition) is 5. The smallest absolute Gasteiger partial charge is 0.224 e. The number of halogens is 1. The monoisotopic (exact) mass is 563 g/mol. The number of aromatic hydroxyl groups is 1. The summed E-state index contributed by atoms with van der Waals surface area (Å²) in [5.74, 6) is 0.0593. The fourth-order valence-corrected chi connectivity index (χ4v) is 5.42. The molecule has 210 valence electrons. The Balaban J connectivity index is 1.20. The Labute approximate surface area is 238 Å². The van der Waals surface area contributed by atoms with Gasteiger partial charge in [0, 0.05) is 36.0 Å². The van der Waals surface area contributed by atoms with Crippen LogP contribution < -0.4 is 10.6 Å². The number of anilines is 1. The molecular weight excluding hydrogens is 537 g/mol. The molecule has 6 aromatic rings. The fraction of sp³-hybridized carbons (Fsp3) is 0.200. The van der Waals surface area contributed by atoms with Gasteiger partial charge in [0.25, 0.3) is 0 Å². The van der Waals surface area contributed by atoms with Crippen LogP contribution in [0.2, 0.25) is 0 Å². The lowest BCUT2D eigenvalue weighted by atomic mass is 9.94. The van der Waals surface area contributed by atoms with E-state index in [0.717, 1.165) is 37.6 Å². The predicted octanol–water partition coefficient (Wildman–Crippen LogP) is 4.80. The Morgan fingerprint density at radius 1 is 1.02 bits per heavy atom. The number of fused-ring (bicyclic) bond motifs is 2. The van der Waals surface area contributed by atoms with E-state index in [1.54, 1.807) is 24.7 Å². The fourth-order valence-electron chi connectivity index (χ4n) is 5.42. The standard InChI is InChI=1S/C30H26FN9O2/c31-19-10-17(12-21(41)13-19)22-5-8-34-29-26(22)37-30(38-29)28-27-24(39-40-28)2-1-23(36-27)18-11-20(15-33-14-18)35-25(42)9-16-3-6-32-7-4-16/h1-2,5,8,10-16,32,41H,3-4,6-7,9H2,(H,35,42)(H,39,40)(H,34,37,38). The van der Waals surface area contributed by atoms with Gasteiger partial charge in [0.15, 0.2) is 17.2 Å². The van der Waals surface area contributed by atoms with Crippen LogP contribution in [0, 0.1) is 11.7 Å². The first-order chi connectivity index (χ1) is 20.5. The van der Waals surface area contributed by atoms with Crippen LogP contribution in [-0.2, 0) is 4.79 Å². The molecule has 12 heteroatoms. The summed E-state index contributed by atoms with van der Waals surface area (Å²) in [6.45, 7) is 1.89. The topological polar surface area (TPSA) is 157 Å². The molecule has 0 atom stereocenters. The van der Waals surface area contributed by atoms with Crippen LogP contribution in [-0.4, -0.2) is 59.2 Å². The molecule has 5 N–H and O–H groups in total. The number of piperidine rings is 1. The number of nitrogens with one attached hydrogen (secondary N) is 4. The van der Waals surface area contributed by atoms with E-state index >= 15 is 0 Å². The number of carbonyl (C=O) groups is 1. The average Bonchev–Trinajstić information content (AvgIpc) is 3.61. The van der Waals surface area contributed by atoms with Crippen LogP contribution in [0.25, 0.3) is 56.1 Å². The molecule has 1 fully saturated rings. The highest BCUT2D eigenvalue weighted by atomic mass is 19.1. The van der Waals surface area contributed by atoms with Gasteiger partial charge in [-0.3, -0.25) is 14.9 Å². The number of imidazole rings is 1. The number of aromatic amines is 2. The molecule has 0 unspecified atom stereocenters. The molecule has 0 aliphatic carbocycles. The second-order valence-electron chi connectivity index (χ2n) is 10.4. The van der Waals surface area contributed by atoms with Crippen molar-refractivity contribution >= 4 is 33.8 Å². The Hall–Kier alpha value is -5.23. The van der Waals surface area contributed by atoms with Crippen molar-refractivity contribution in [2.45, 2.75) is 19.3 Å². The molecule has 1 aliphatic heterocycles. The number of H-pyrrole nitrogens is 2. The summed E-state index contributed by atoms with van der Waals surface area (Å²) < 4.78 is 14.0. The summed E-state index contributed by atoms with van der Waals surface area (Å²) in [4.78, 5) is 34.1. The van der Waals surface area contributed by atoms with E-state index in [2.05, 4.69) is 35.8 Å². The number of pyridine rings is 3. The predicted molar refractivity (Wildman–Crippen MR) is 156 cm³/mol. The summed E-state index contributed by atoms with van der Waals surface area (Å²) >= 11 is 0. The highest BCUT2D eigenvalue weighted by Crippen LogP contribution is 2.33. The molecule has 5 aromatic heterocycles. The van der Waals surface area contributed by atoms with Gasteiger partial charge >= 0.3 is 0 Å². The number of phenols is 1. The second-order valence-corrected chi connectivity index (χ2v) is 10.4. The molecule has 0 bridgehead atoms. The second kappa shape index (κ2) is 10.6. The largest absolute Gasteiger partial charge is 0.508 e. The lowest BCUT2D eigenvalue weighted by Gasteiger charge is -2.21. The van der Waals surface area contributed by atoms with Crippen molar-refractivity contribution in [2.75, 3.05) is 18.4 Å². The average molecular weight is 564 g/mol. The van der Waals surface area contributed by atoms with Gasteiger partial charge in [-0.05, 0) is 73.8 Å². The number of hydrogen-bond acceptors (Lipinski definition) is 8. The van der Waals surface area contributed by atoms with Gasteiger partial charge in [0.2, 0.25) is 5.91 Å². The van der Waals surface area contributed by atoms with Crippen LogP contribution in [0.3, 0.4) is 0 Å². The zero-order valence-corrected chi connectivity index (χ0v) is 22.4. The zero-order valence-electron chi connectivity index (χ0n) is 22.4. The number of amides is 1. The maximum absolute atomic E-state index is 14.0. The van der Waals surface area contributed by atoms with Gasteiger partial charge in [-0.15, -0.1) is 0 Å². The van der Waals surface area contributed by atoms with Gasteiger partial charge < -0.3 is 20.7 Å². The van der Waals surface area contributed by atoms with Crippen molar-refractivity contribution in [3.63, 3.8) is 0 Å². The van der Waals surface area contributed by atoms with Crippen molar-refractivity contribution in [1.82, 2.24) is 40.4 Å². The van der Waals surface area contributed by atoms with E-state index in [-0.39, 0.29) is 11.7 Å². The summed E-state index contributed by atoms with van der Waals surface area (Å²) in [6, 6.07) is 11.2. The van der Waals surface area contributed by atoms with E-state index < -0.39 is 5.82 Å². The van der Waals surface area contributed by atoms with Crippen molar-refractivity contribution in [3.05, 3.63) is 66.9 Å². The Morgan fingerprint density at radius 3 is 2.76 bits per heavy atom. The third kappa shape index (κ3) is 5.03. The number of benzene rings is 1. The molecule has 11 nitrogen and oxygen atoms in total. The normalized spacial score (nSPS) is 14.0. The first kappa shape index (κ1) is 25.7. The van der Waals surface area contributed by atoms with Crippen LogP contribution in [0.1, 0.15) is 19.3 Å². The Bertz CT molecular complexity index is 1920. The van der Waals surface area contributed by atoms with Crippen LogP contribution in [0.5, 0.6) is 5.75 Å². The molecule has 6 heterocycles. The molecular formula is C30H26FN9O2. The van der Waals surface area contributed by atoms with E-state index in [1.807, 2.05) is 18.2 Å². The third-order valence-corrected chi connectivity index (χ3v) is 7.46. The Morgan fingerprint density at radius 2 is 1.90 bits per heavy atom. The van der Waals surface area contributed by atoms with Crippen LogP contribution >= 0.6 is 0 Å². The molecule has 1 aromatic carbocycles. The van der Waals surface area contributed by atoms with Crippen LogP contribution in [0.4, 0.5) is 10.1 Å². The SMILES string of the molecule is O=C(CC1CCNCC1)Nc1cncc(-c2ccc3[nH]nc(-c4nc5c(-c6cc(O)cc(F)c6)ccnc5[nH]4)c3n2)c1. The number of phenolic OH excluding ortho intramolecular Hbond substituents is 1. The summed E-state index contributed by atoms with van der Waals surface area (Å²) in [6.07, 6.45) is 7.40. The molecule has 0 radical (unpaired) electrons. The highest BCUT2D eigenvalue weighted by molar-refractivity contribution is 5.95. The molecule has 0 saturated carbocycles. The van der Waals surface area contributed by atoms with Crippen molar-refractivity contribution < 1.29 is 14.3 Å². The van der Waals surface area contributed by atoms with Crippen molar-refractivity contribution in [1.29, 1.82) is 0 Å². The molecule has 1 aliphatic rings. The lowest BCUT2D eigenvalue weighted by molar-refractivity contribution is -0.117. The van der Waals surface area contributed by atoms with Gasteiger partial charge in [-0.1, -0.05) is 0 Å². The first-order valence-corrected chi connectivity index (χ1v) is 13.7. The molecule has 7 rings (SSSR count). The van der Waals surface area contributed by atoms with Crippen molar-refractivity contribution in [3.8, 4) is 39.7 Å². The lowest BCUT2D eigenvalue weighted by Crippen LogP contribution is -2.30. The minimum absolute atomic E-state index is 0.0206. The zero-order chi connectivity index (χ0) is 28.6. The quantitative estimate of drug-likeness (QED) is 0.193. The number of nitrogens with zero attached hydrogens (tertiary/aromatic N) is 5. The summed E-state index contributed by atoms with van der Waals surface area (Å²) in [5.41, 5.74) is 5.83. The van der Waals surface area contributed by atoms with Gasteiger partial charge in [-0.25, -0.2) is 19.3 Å². The van der Waals surface area contributed by atoms with Gasteiger partial charge in [0.1, 0.15) is 22.6 Å². The summed E-state index contributed by atoms with van der Waals surface area (Å²) in [5, 5.41) is 23.7. The van der Waals surface area contributed by atoms with E-state index in [4.69, 9.17) is 9.97 Å². The first-order valence-electron chi connectivity index (χ1n) is 13.7. The third-order valence-electron chi connectivity index (χ3n) is 7.46. The molecule has 1 amide bonds. The van der Waals surface area contributed by atoms with E-state index in [9.17, 15) is 14.3 Å². The van der Waals surface area contributed by atoms with Gasteiger partial charge in [0.05, 0.1) is 23.1 Å². The summed E-state index contributed by atoms with van der Waals surface area (Å²) in [7, 11) is 0. The Kier molecular flexibility index (Phi) is 6.51. The van der Waals surface area contributed by atoms with Gasteiger partial charge in [-0.2, -0.15) is 5.10 Å². The highest BCUT2D eigenvalue weighted by Gasteiger charge is 2.19.